The van der Waals surface area contributed by atoms with Crippen LogP contribution in [0.2, 0.25) is 0 Å². The Labute approximate surface area is 107 Å². The fourth-order valence-corrected chi connectivity index (χ4v) is 2.03. The summed E-state index contributed by atoms with van der Waals surface area (Å²) < 4.78 is 3.79. The van der Waals surface area contributed by atoms with Gasteiger partial charge in [0.05, 0.1) is 6.20 Å². The lowest BCUT2D eigenvalue weighted by Gasteiger charge is -2.14. The summed E-state index contributed by atoms with van der Waals surface area (Å²) in [5.74, 6) is 1.01. The topological polar surface area (TPSA) is 60.6 Å². The SMILES string of the molecule is CCCn1ncnc1CC(NC)c1cnn(C)c1. The molecule has 0 aliphatic heterocycles. The Morgan fingerprint density at radius 1 is 1.39 bits per heavy atom. The third-order valence-electron chi connectivity index (χ3n) is 2.99. The summed E-state index contributed by atoms with van der Waals surface area (Å²) in [6.45, 7) is 3.06. The summed E-state index contributed by atoms with van der Waals surface area (Å²) in [6, 6.07) is 0.221. The van der Waals surface area contributed by atoms with E-state index in [-0.39, 0.29) is 6.04 Å². The van der Waals surface area contributed by atoms with Crippen LogP contribution >= 0.6 is 0 Å². The second kappa shape index (κ2) is 5.77. The summed E-state index contributed by atoms with van der Waals surface area (Å²) >= 11 is 0. The second-order valence-corrected chi connectivity index (χ2v) is 4.39. The molecule has 6 heteroatoms. The van der Waals surface area contributed by atoms with Gasteiger partial charge in [-0.05, 0) is 13.5 Å². The van der Waals surface area contributed by atoms with Gasteiger partial charge in [0.2, 0.25) is 0 Å². The molecule has 0 aromatic carbocycles. The van der Waals surface area contributed by atoms with Gasteiger partial charge < -0.3 is 5.32 Å². The average Bonchev–Trinajstić information content (AvgIpc) is 2.96. The van der Waals surface area contributed by atoms with Crippen LogP contribution < -0.4 is 5.32 Å². The first-order valence-corrected chi connectivity index (χ1v) is 6.27. The van der Waals surface area contributed by atoms with Crippen molar-refractivity contribution < 1.29 is 0 Å². The molecule has 2 heterocycles. The number of nitrogens with one attached hydrogen (secondary N) is 1. The Morgan fingerprint density at radius 2 is 2.22 bits per heavy atom. The molecule has 18 heavy (non-hydrogen) atoms. The zero-order valence-corrected chi connectivity index (χ0v) is 11.2. The molecular formula is C12H20N6. The molecule has 2 aromatic rings. The number of likely N-dealkylation sites (N-methyl/N-ethyl adjacent to an activating group) is 1. The van der Waals surface area contributed by atoms with Crippen molar-refractivity contribution in [1.82, 2.24) is 29.9 Å². The van der Waals surface area contributed by atoms with Gasteiger partial charge in [-0.1, -0.05) is 6.92 Å². The molecule has 0 spiro atoms. The molecule has 2 rings (SSSR count). The predicted molar refractivity (Wildman–Crippen MR) is 69.0 cm³/mol. The Kier molecular flexibility index (Phi) is 4.09. The van der Waals surface area contributed by atoms with Gasteiger partial charge >= 0.3 is 0 Å². The van der Waals surface area contributed by atoms with E-state index in [1.807, 2.05) is 35.9 Å². The number of aromatic nitrogens is 5. The molecule has 98 valence electrons. The molecule has 6 nitrogen and oxygen atoms in total. The average molecular weight is 248 g/mol. The van der Waals surface area contributed by atoms with E-state index in [9.17, 15) is 0 Å². The molecule has 0 radical (unpaired) electrons. The lowest BCUT2D eigenvalue weighted by atomic mass is 10.1. The normalized spacial score (nSPS) is 12.8. The van der Waals surface area contributed by atoms with Gasteiger partial charge in [0, 0.05) is 37.8 Å². The highest BCUT2D eigenvalue weighted by Gasteiger charge is 2.15. The smallest absolute Gasteiger partial charge is 0.138 e. The maximum absolute atomic E-state index is 4.34. The first kappa shape index (κ1) is 12.8. The van der Waals surface area contributed by atoms with Crippen LogP contribution in [-0.2, 0) is 20.0 Å². The van der Waals surface area contributed by atoms with Crippen molar-refractivity contribution in [2.45, 2.75) is 32.4 Å². The van der Waals surface area contributed by atoms with Crippen LogP contribution in [0.25, 0.3) is 0 Å². The number of aryl methyl sites for hydroxylation is 2. The predicted octanol–water partition coefficient (Wildman–Crippen LogP) is 0.925. The highest BCUT2D eigenvalue weighted by Crippen LogP contribution is 2.16. The molecule has 1 unspecified atom stereocenters. The molecule has 1 atom stereocenters. The molecule has 1 N–H and O–H groups in total. The van der Waals surface area contributed by atoms with E-state index in [0.29, 0.717) is 0 Å². The molecule has 0 saturated carbocycles. The summed E-state index contributed by atoms with van der Waals surface area (Å²) in [6.07, 6.45) is 7.43. The summed E-state index contributed by atoms with van der Waals surface area (Å²) in [4.78, 5) is 4.34. The monoisotopic (exact) mass is 248 g/mol. The molecular weight excluding hydrogens is 228 g/mol. The van der Waals surface area contributed by atoms with Crippen LogP contribution in [0.3, 0.4) is 0 Å². The van der Waals surface area contributed by atoms with E-state index in [1.165, 1.54) is 5.56 Å². The van der Waals surface area contributed by atoms with Gasteiger partial charge in [0.25, 0.3) is 0 Å². The number of rotatable bonds is 6. The fourth-order valence-electron chi connectivity index (χ4n) is 2.03. The summed E-state index contributed by atoms with van der Waals surface area (Å²) in [5.41, 5.74) is 1.17. The minimum absolute atomic E-state index is 0.221. The van der Waals surface area contributed by atoms with Gasteiger partial charge in [-0.2, -0.15) is 10.2 Å². The third kappa shape index (κ3) is 2.76. The van der Waals surface area contributed by atoms with Crippen LogP contribution in [0.5, 0.6) is 0 Å². The van der Waals surface area contributed by atoms with Crippen LogP contribution in [0, 0.1) is 0 Å². The highest BCUT2D eigenvalue weighted by molar-refractivity contribution is 5.12. The molecule has 0 fully saturated rings. The van der Waals surface area contributed by atoms with Crippen molar-refractivity contribution in [3.05, 3.63) is 30.1 Å². The molecule has 0 amide bonds. The van der Waals surface area contributed by atoms with Crippen LogP contribution in [0.4, 0.5) is 0 Å². The number of nitrogens with zero attached hydrogens (tertiary/aromatic N) is 5. The molecule has 0 aliphatic rings. The van der Waals surface area contributed by atoms with Gasteiger partial charge in [-0.15, -0.1) is 0 Å². The Bertz CT molecular complexity index is 486. The minimum atomic E-state index is 0.221. The Hall–Kier alpha value is -1.69. The van der Waals surface area contributed by atoms with Gasteiger partial charge in [0.15, 0.2) is 0 Å². The molecule has 0 saturated heterocycles. The largest absolute Gasteiger partial charge is 0.313 e. The minimum Gasteiger partial charge on any atom is -0.313 e. The molecule has 0 bridgehead atoms. The van der Waals surface area contributed by atoms with Crippen molar-refractivity contribution in [3.63, 3.8) is 0 Å². The second-order valence-electron chi connectivity index (χ2n) is 4.39. The Balaban J connectivity index is 2.12. The zero-order chi connectivity index (χ0) is 13.0. The zero-order valence-electron chi connectivity index (χ0n) is 11.2. The van der Waals surface area contributed by atoms with Gasteiger partial charge in [-0.3, -0.25) is 9.36 Å². The fraction of sp³-hybridized carbons (Fsp3) is 0.583. The van der Waals surface area contributed by atoms with E-state index >= 15 is 0 Å². The lowest BCUT2D eigenvalue weighted by Crippen LogP contribution is -2.21. The van der Waals surface area contributed by atoms with E-state index in [1.54, 1.807) is 6.33 Å². The first-order chi connectivity index (χ1) is 8.74. The number of hydrogen-bond donors (Lipinski definition) is 1. The molecule has 2 aromatic heterocycles. The lowest BCUT2D eigenvalue weighted by molar-refractivity contribution is 0.516. The third-order valence-corrected chi connectivity index (χ3v) is 2.99. The standard InChI is InChI=1S/C12H20N6/c1-4-5-18-12(14-9-16-18)6-11(13-2)10-7-15-17(3)8-10/h7-9,11,13H,4-6H2,1-3H3. The van der Waals surface area contributed by atoms with Crippen molar-refractivity contribution in [1.29, 1.82) is 0 Å². The first-order valence-electron chi connectivity index (χ1n) is 6.27. The van der Waals surface area contributed by atoms with Crippen molar-refractivity contribution in [2.24, 2.45) is 7.05 Å². The maximum atomic E-state index is 4.34. The van der Waals surface area contributed by atoms with Crippen LogP contribution in [0.1, 0.15) is 30.8 Å². The van der Waals surface area contributed by atoms with E-state index in [2.05, 4.69) is 27.4 Å². The van der Waals surface area contributed by atoms with E-state index in [0.717, 1.165) is 25.2 Å². The van der Waals surface area contributed by atoms with E-state index < -0.39 is 0 Å². The molecule has 0 aliphatic carbocycles. The van der Waals surface area contributed by atoms with E-state index in [4.69, 9.17) is 0 Å². The van der Waals surface area contributed by atoms with Gasteiger partial charge in [-0.25, -0.2) is 4.98 Å². The van der Waals surface area contributed by atoms with Crippen LogP contribution in [0.15, 0.2) is 18.7 Å². The van der Waals surface area contributed by atoms with Gasteiger partial charge in [0.1, 0.15) is 12.2 Å². The summed E-state index contributed by atoms with van der Waals surface area (Å²) in [7, 11) is 3.88. The quantitative estimate of drug-likeness (QED) is 0.826. The number of hydrogen-bond acceptors (Lipinski definition) is 4. The maximum Gasteiger partial charge on any atom is 0.138 e. The highest BCUT2D eigenvalue weighted by atomic mass is 15.3. The van der Waals surface area contributed by atoms with Crippen molar-refractivity contribution >= 4 is 0 Å². The summed E-state index contributed by atoms with van der Waals surface area (Å²) in [5, 5.41) is 11.8. The Morgan fingerprint density at radius 3 is 2.83 bits per heavy atom. The van der Waals surface area contributed by atoms with Crippen LogP contribution in [-0.4, -0.2) is 31.6 Å². The van der Waals surface area contributed by atoms with Crippen molar-refractivity contribution in [3.8, 4) is 0 Å². The van der Waals surface area contributed by atoms with Crippen molar-refractivity contribution in [2.75, 3.05) is 7.05 Å².